The Labute approximate surface area is 152 Å². The minimum absolute atomic E-state index is 0.0163. The van der Waals surface area contributed by atoms with Crippen LogP contribution in [-0.2, 0) is 14.3 Å². The standard InChI is InChI=1S/C21H21NO4/c1-3-25-20(23)19-13(2)22(19)21(24)26-12-18-16-10-6-4-8-14(16)15-9-5-7-11-17(15)18/h4-11,13,18-19H,3,12H2,1-2H3/t13-,19-,22?/m0/s1. The summed E-state index contributed by atoms with van der Waals surface area (Å²) in [6.45, 7) is 4.14. The van der Waals surface area contributed by atoms with Gasteiger partial charge >= 0.3 is 12.1 Å². The largest absolute Gasteiger partial charge is 0.464 e. The summed E-state index contributed by atoms with van der Waals surface area (Å²) in [5.41, 5.74) is 4.71. The van der Waals surface area contributed by atoms with Gasteiger partial charge in [-0.3, -0.25) is 4.90 Å². The summed E-state index contributed by atoms with van der Waals surface area (Å²) in [5.74, 6) is -0.351. The molecule has 1 saturated heterocycles. The third kappa shape index (κ3) is 2.64. The first-order valence-electron chi connectivity index (χ1n) is 8.93. The van der Waals surface area contributed by atoms with Crippen LogP contribution in [0.25, 0.3) is 11.1 Å². The van der Waals surface area contributed by atoms with Gasteiger partial charge in [0.15, 0.2) is 6.04 Å². The third-order valence-corrected chi connectivity index (χ3v) is 5.18. The number of benzene rings is 2. The van der Waals surface area contributed by atoms with Crippen molar-refractivity contribution in [2.24, 2.45) is 0 Å². The molecule has 2 aromatic rings. The summed E-state index contributed by atoms with van der Waals surface area (Å²) in [7, 11) is 0. The molecule has 1 amide bonds. The van der Waals surface area contributed by atoms with Gasteiger partial charge in [-0.2, -0.15) is 0 Å². The molecule has 0 unspecified atom stereocenters. The van der Waals surface area contributed by atoms with E-state index in [1.54, 1.807) is 6.92 Å². The number of carbonyl (C=O) groups is 2. The molecule has 5 heteroatoms. The molecule has 134 valence electrons. The molecule has 5 nitrogen and oxygen atoms in total. The molecule has 0 aromatic heterocycles. The summed E-state index contributed by atoms with van der Waals surface area (Å²) < 4.78 is 10.6. The summed E-state index contributed by atoms with van der Waals surface area (Å²) >= 11 is 0. The molecule has 2 atom stereocenters. The van der Waals surface area contributed by atoms with Gasteiger partial charge in [0.1, 0.15) is 6.61 Å². The van der Waals surface area contributed by atoms with E-state index in [9.17, 15) is 9.59 Å². The predicted molar refractivity (Wildman–Crippen MR) is 96.8 cm³/mol. The maximum Gasteiger partial charge on any atom is 0.410 e. The number of carbonyl (C=O) groups excluding carboxylic acids is 2. The van der Waals surface area contributed by atoms with Crippen molar-refractivity contribution >= 4 is 12.1 Å². The lowest BCUT2D eigenvalue weighted by molar-refractivity contribution is -0.143. The van der Waals surface area contributed by atoms with Crippen molar-refractivity contribution < 1.29 is 19.1 Å². The second-order valence-electron chi connectivity index (χ2n) is 6.65. The number of ether oxygens (including phenoxy) is 2. The number of amides is 1. The Morgan fingerprint density at radius 2 is 1.54 bits per heavy atom. The van der Waals surface area contributed by atoms with Gasteiger partial charge in [-0.05, 0) is 36.1 Å². The molecular weight excluding hydrogens is 330 g/mol. The second kappa shape index (κ2) is 6.48. The van der Waals surface area contributed by atoms with Crippen LogP contribution < -0.4 is 0 Å². The van der Waals surface area contributed by atoms with E-state index in [2.05, 4.69) is 24.3 Å². The number of rotatable bonds is 4. The number of nitrogens with zero attached hydrogens (tertiary/aromatic N) is 1. The van der Waals surface area contributed by atoms with Gasteiger partial charge in [-0.1, -0.05) is 48.5 Å². The van der Waals surface area contributed by atoms with Crippen molar-refractivity contribution in [3.63, 3.8) is 0 Å². The first-order valence-corrected chi connectivity index (χ1v) is 8.93. The number of esters is 1. The van der Waals surface area contributed by atoms with Gasteiger partial charge in [-0.15, -0.1) is 0 Å². The maximum absolute atomic E-state index is 12.4. The highest BCUT2D eigenvalue weighted by Crippen LogP contribution is 2.44. The van der Waals surface area contributed by atoms with E-state index < -0.39 is 12.1 Å². The third-order valence-electron chi connectivity index (χ3n) is 5.18. The summed E-state index contributed by atoms with van der Waals surface area (Å²) in [5, 5.41) is 0. The highest BCUT2D eigenvalue weighted by molar-refractivity contribution is 5.88. The van der Waals surface area contributed by atoms with Crippen molar-refractivity contribution in [3.8, 4) is 11.1 Å². The number of hydrogen-bond acceptors (Lipinski definition) is 4. The number of fused-ring (bicyclic) bond motifs is 3. The van der Waals surface area contributed by atoms with Gasteiger partial charge in [0, 0.05) is 5.92 Å². The molecule has 0 spiro atoms. The molecule has 0 saturated carbocycles. The van der Waals surface area contributed by atoms with Crippen molar-refractivity contribution in [3.05, 3.63) is 59.7 Å². The molecule has 26 heavy (non-hydrogen) atoms. The van der Waals surface area contributed by atoms with E-state index in [-0.39, 0.29) is 24.5 Å². The van der Waals surface area contributed by atoms with Gasteiger partial charge in [0.25, 0.3) is 0 Å². The Bertz CT molecular complexity index is 817. The fourth-order valence-corrected chi connectivity index (χ4v) is 3.84. The molecule has 1 fully saturated rings. The lowest BCUT2D eigenvalue weighted by Crippen LogP contribution is -2.23. The van der Waals surface area contributed by atoms with Gasteiger partial charge in [-0.25, -0.2) is 9.59 Å². The van der Waals surface area contributed by atoms with Crippen LogP contribution in [0, 0.1) is 0 Å². The van der Waals surface area contributed by atoms with Crippen LogP contribution in [0.5, 0.6) is 0 Å². The Hall–Kier alpha value is -2.82. The maximum atomic E-state index is 12.4. The Balaban J connectivity index is 1.47. The van der Waals surface area contributed by atoms with Crippen molar-refractivity contribution in [2.45, 2.75) is 31.8 Å². The van der Waals surface area contributed by atoms with Gasteiger partial charge in [0.05, 0.1) is 12.6 Å². The highest BCUT2D eigenvalue weighted by atomic mass is 16.6. The Morgan fingerprint density at radius 3 is 2.12 bits per heavy atom. The van der Waals surface area contributed by atoms with Crippen LogP contribution in [0.4, 0.5) is 4.79 Å². The quantitative estimate of drug-likeness (QED) is 0.624. The minimum Gasteiger partial charge on any atom is -0.464 e. The molecule has 0 radical (unpaired) electrons. The van der Waals surface area contributed by atoms with Crippen LogP contribution in [0.1, 0.15) is 30.9 Å². The van der Waals surface area contributed by atoms with Crippen LogP contribution >= 0.6 is 0 Å². The normalized spacial score (nSPS) is 20.3. The summed E-state index contributed by atoms with van der Waals surface area (Å²) in [6, 6.07) is 15.7. The van der Waals surface area contributed by atoms with Gasteiger partial charge in [0.2, 0.25) is 0 Å². The number of hydrogen-bond donors (Lipinski definition) is 0. The van der Waals surface area contributed by atoms with Crippen molar-refractivity contribution in [1.29, 1.82) is 0 Å². The fraction of sp³-hybridized carbons (Fsp3) is 0.333. The molecule has 2 aliphatic rings. The fourth-order valence-electron chi connectivity index (χ4n) is 3.84. The molecule has 1 aliphatic carbocycles. The van der Waals surface area contributed by atoms with E-state index in [0.717, 1.165) is 0 Å². The van der Waals surface area contributed by atoms with E-state index in [0.29, 0.717) is 6.61 Å². The molecule has 0 bridgehead atoms. The zero-order valence-corrected chi connectivity index (χ0v) is 14.8. The Kier molecular flexibility index (Phi) is 4.15. The highest BCUT2D eigenvalue weighted by Gasteiger charge is 2.54. The average Bonchev–Trinajstić information content (AvgIpc) is 3.23. The van der Waals surface area contributed by atoms with Crippen molar-refractivity contribution in [2.75, 3.05) is 13.2 Å². The van der Waals surface area contributed by atoms with E-state index in [4.69, 9.17) is 9.47 Å². The van der Waals surface area contributed by atoms with Crippen LogP contribution in [0.15, 0.2) is 48.5 Å². The molecular formula is C21H21NO4. The van der Waals surface area contributed by atoms with Crippen LogP contribution in [-0.4, -0.2) is 42.3 Å². The van der Waals surface area contributed by atoms with Crippen LogP contribution in [0.2, 0.25) is 0 Å². The monoisotopic (exact) mass is 351 g/mol. The smallest absolute Gasteiger partial charge is 0.410 e. The first kappa shape index (κ1) is 16.6. The van der Waals surface area contributed by atoms with Gasteiger partial charge < -0.3 is 9.47 Å². The zero-order chi connectivity index (χ0) is 18.3. The van der Waals surface area contributed by atoms with Crippen molar-refractivity contribution in [1.82, 2.24) is 4.90 Å². The average molecular weight is 351 g/mol. The van der Waals surface area contributed by atoms with E-state index in [1.807, 2.05) is 31.2 Å². The topological polar surface area (TPSA) is 55.6 Å². The molecule has 4 rings (SSSR count). The molecule has 1 aliphatic heterocycles. The van der Waals surface area contributed by atoms with E-state index >= 15 is 0 Å². The SMILES string of the molecule is CCOC(=O)[C@@H]1[C@H](C)N1C(=O)OCC1c2ccccc2-c2ccccc21. The Morgan fingerprint density at radius 1 is 0.962 bits per heavy atom. The summed E-state index contributed by atoms with van der Waals surface area (Å²) in [4.78, 5) is 25.7. The van der Waals surface area contributed by atoms with E-state index in [1.165, 1.54) is 27.2 Å². The second-order valence-corrected chi connectivity index (χ2v) is 6.65. The molecule has 1 heterocycles. The lowest BCUT2D eigenvalue weighted by Gasteiger charge is -2.14. The summed E-state index contributed by atoms with van der Waals surface area (Å²) in [6.07, 6.45) is -0.461. The van der Waals surface area contributed by atoms with Crippen LogP contribution in [0.3, 0.4) is 0 Å². The molecule has 2 aromatic carbocycles. The lowest BCUT2D eigenvalue weighted by atomic mass is 9.98. The minimum atomic E-state index is -0.523. The molecule has 0 N–H and O–H groups in total. The first-order chi connectivity index (χ1) is 12.6. The predicted octanol–water partition coefficient (Wildman–Crippen LogP) is 3.57. The zero-order valence-electron chi connectivity index (χ0n) is 14.8.